The Morgan fingerprint density at radius 2 is 0.848 bits per heavy atom. The molecule has 0 aliphatic rings. The summed E-state index contributed by atoms with van der Waals surface area (Å²) in [6.07, 6.45) is 0. The van der Waals surface area contributed by atoms with E-state index in [2.05, 4.69) is 107 Å². The summed E-state index contributed by atoms with van der Waals surface area (Å²) in [4.78, 5) is 0. The first-order valence-corrected chi connectivity index (χ1v) is 11.6. The van der Waals surface area contributed by atoms with Crippen LogP contribution in [0.15, 0.2) is 91.0 Å². The largest absolute Gasteiger partial charge is 0.308 e. The zero-order chi connectivity index (χ0) is 21.4. The SMILES string of the molecule is Cc1c2c3cccc4c5ccccc5n(c2cc2c1c1cccc5c6ccccc6n2c51)c43. The Balaban J connectivity index is 1.67. The summed E-state index contributed by atoms with van der Waals surface area (Å²) in [6.45, 7) is 2.32. The second-order valence-electron chi connectivity index (χ2n) is 9.40. The molecule has 0 aliphatic carbocycles. The molecule has 0 N–H and O–H groups in total. The quantitative estimate of drug-likeness (QED) is 0.234. The van der Waals surface area contributed by atoms with Crippen LogP contribution in [0.2, 0.25) is 0 Å². The van der Waals surface area contributed by atoms with Crippen LogP contribution in [0, 0.1) is 6.92 Å². The van der Waals surface area contributed by atoms with Crippen LogP contribution < -0.4 is 0 Å². The van der Waals surface area contributed by atoms with E-state index in [0.29, 0.717) is 0 Å². The summed E-state index contributed by atoms with van der Waals surface area (Å²) in [6, 6.07) is 33.6. The van der Waals surface area contributed by atoms with Crippen molar-refractivity contribution >= 4 is 76.2 Å². The maximum atomic E-state index is 2.49. The lowest BCUT2D eigenvalue weighted by Gasteiger charge is -2.05. The van der Waals surface area contributed by atoms with Crippen molar-refractivity contribution in [3.8, 4) is 0 Å². The highest BCUT2D eigenvalue weighted by Gasteiger charge is 2.23. The molecule has 0 aliphatic heterocycles. The van der Waals surface area contributed by atoms with Gasteiger partial charge in [0.2, 0.25) is 0 Å². The maximum Gasteiger partial charge on any atom is 0.0620 e. The van der Waals surface area contributed by atoms with E-state index >= 15 is 0 Å². The molecule has 0 amide bonds. The molecule has 4 heterocycles. The smallest absolute Gasteiger partial charge is 0.0620 e. The molecule has 0 atom stereocenters. The van der Waals surface area contributed by atoms with E-state index in [4.69, 9.17) is 0 Å². The third-order valence-electron chi connectivity index (χ3n) is 7.95. The lowest BCUT2D eigenvalue weighted by atomic mass is 9.99. The number of para-hydroxylation sites is 4. The van der Waals surface area contributed by atoms with Gasteiger partial charge in [0.25, 0.3) is 0 Å². The molecule has 0 saturated carbocycles. The molecule has 0 unspecified atom stereocenters. The van der Waals surface area contributed by atoms with E-state index in [0.717, 1.165) is 0 Å². The second kappa shape index (κ2) is 5.19. The van der Waals surface area contributed by atoms with Gasteiger partial charge in [-0.1, -0.05) is 72.8 Å². The van der Waals surface area contributed by atoms with Crippen molar-refractivity contribution < 1.29 is 0 Å². The maximum absolute atomic E-state index is 2.49. The van der Waals surface area contributed by atoms with Crippen LogP contribution in [0.3, 0.4) is 0 Å². The van der Waals surface area contributed by atoms with Crippen molar-refractivity contribution in [2.45, 2.75) is 6.92 Å². The van der Waals surface area contributed by atoms with Crippen molar-refractivity contribution in [2.24, 2.45) is 0 Å². The van der Waals surface area contributed by atoms with Gasteiger partial charge in [-0.2, -0.15) is 0 Å². The van der Waals surface area contributed by atoms with E-state index in [1.54, 1.807) is 0 Å². The highest BCUT2D eigenvalue weighted by atomic mass is 14.9. The van der Waals surface area contributed by atoms with Gasteiger partial charge in [-0.15, -0.1) is 0 Å². The van der Waals surface area contributed by atoms with E-state index in [-0.39, 0.29) is 0 Å². The first-order chi connectivity index (χ1) is 16.3. The van der Waals surface area contributed by atoms with Gasteiger partial charge in [0.15, 0.2) is 0 Å². The van der Waals surface area contributed by atoms with Crippen molar-refractivity contribution in [2.75, 3.05) is 0 Å². The molecular weight excluding hydrogens is 400 g/mol. The monoisotopic (exact) mass is 418 g/mol. The predicted octanol–water partition coefficient (Wildman–Crippen LogP) is 8.30. The summed E-state index contributed by atoms with van der Waals surface area (Å²) in [5.41, 5.74) is 9.25. The van der Waals surface area contributed by atoms with Crippen molar-refractivity contribution in [1.29, 1.82) is 0 Å². The van der Waals surface area contributed by atoms with Gasteiger partial charge in [0.05, 0.1) is 33.1 Å². The van der Waals surface area contributed by atoms with Gasteiger partial charge >= 0.3 is 0 Å². The average Bonchev–Trinajstić information content (AvgIpc) is 3.57. The predicted molar refractivity (Wildman–Crippen MR) is 140 cm³/mol. The van der Waals surface area contributed by atoms with Crippen LogP contribution in [0.1, 0.15) is 5.56 Å². The molecule has 5 aromatic carbocycles. The number of benzene rings is 5. The van der Waals surface area contributed by atoms with Gasteiger partial charge in [-0.25, -0.2) is 0 Å². The molecule has 0 bridgehead atoms. The van der Waals surface area contributed by atoms with E-state index in [1.807, 2.05) is 0 Å². The molecule has 2 heteroatoms. The van der Waals surface area contributed by atoms with Crippen LogP contribution >= 0.6 is 0 Å². The summed E-state index contributed by atoms with van der Waals surface area (Å²) in [5, 5.41) is 10.8. The first kappa shape index (κ1) is 16.3. The lowest BCUT2D eigenvalue weighted by molar-refractivity contribution is 1.34. The first-order valence-electron chi connectivity index (χ1n) is 11.6. The summed E-state index contributed by atoms with van der Waals surface area (Å²) >= 11 is 0. The summed E-state index contributed by atoms with van der Waals surface area (Å²) in [5.74, 6) is 0. The van der Waals surface area contributed by atoms with Crippen LogP contribution in [0.5, 0.6) is 0 Å². The van der Waals surface area contributed by atoms with Gasteiger partial charge in [-0.05, 0) is 30.7 Å². The molecular formula is C31H18N2. The van der Waals surface area contributed by atoms with Gasteiger partial charge in [-0.3, -0.25) is 0 Å². The van der Waals surface area contributed by atoms with Crippen LogP contribution in [-0.4, -0.2) is 8.80 Å². The molecule has 0 fully saturated rings. The third kappa shape index (κ3) is 1.64. The van der Waals surface area contributed by atoms with Crippen molar-refractivity contribution in [3.05, 3.63) is 96.6 Å². The normalized spacial score (nSPS) is 13.0. The molecule has 9 aromatic rings. The fourth-order valence-electron chi connectivity index (χ4n) is 6.76. The molecule has 4 aromatic heterocycles. The Morgan fingerprint density at radius 1 is 0.424 bits per heavy atom. The minimum absolute atomic E-state index is 1.29. The molecule has 152 valence electrons. The minimum atomic E-state index is 1.29. The molecule has 0 spiro atoms. The van der Waals surface area contributed by atoms with Gasteiger partial charge in [0, 0.05) is 43.1 Å². The zero-order valence-electron chi connectivity index (χ0n) is 18.1. The Labute approximate surface area is 188 Å². The molecule has 9 rings (SSSR count). The number of rotatable bonds is 0. The standard InChI is InChI=1S/C31H18N2/c1-17-28-22-12-6-10-20-18-8-2-4-14-24(18)32(30(20)22)26(28)16-27-29(17)23-13-7-11-21-19-9-3-5-15-25(19)33(27)31(21)23/h2-16H,1H3. The molecule has 0 radical (unpaired) electrons. The summed E-state index contributed by atoms with van der Waals surface area (Å²) < 4.78 is 4.99. The minimum Gasteiger partial charge on any atom is -0.308 e. The number of aromatic nitrogens is 2. The highest BCUT2D eigenvalue weighted by Crippen LogP contribution is 2.46. The number of hydrogen-bond donors (Lipinski definition) is 0. The topological polar surface area (TPSA) is 8.82 Å². The van der Waals surface area contributed by atoms with E-state index < -0.39 is 0 Å². The fraction of sp³-hybridized carbons (Fsp3) is 0.0323. The van der Waals surface area contributed by atoms with E-state index in [9.17, 15) is 0 Å². The molecule has 2 nitrogen and oxygen atoms in total. The summed E-state index contributed by atoms with van der Waals surface area (Å²) in [7, 11) is 0. The second-order valence-corrected chi connectivity index (χ2v) is 9.40. The van der Waals surface area contributed by atoms with Gasteiger partial charge < -0.3 is 8.80 Å². The highest BCUT2D eigenvalue weighted by molar-refractivity contribution is 6.30. The Kier molecular flexibility index (Phi) is 2.57. The Hall–Kier alpha value is -4.30. The van der Waals surface area contributed by atoms with Crippen LogP contribution in [0.25, 0.3) is 76.2 Å². The van der Waals surface area contributed by atoms with Gasteiger partial charge in [0.1, 0.15) is 0 Å². The number of nitrogens with zero attached hydrogens (tertiary/aromatic N) is 2. The number of aryl methyl sites for hydroxylation is 1. The molecule has 33 heavy (non-hydrogen) atoms. The zero-order valence-corrected chi connectivity index (χ0v) is 18.1. The van der Waals surface area contributed by atoms with Crippen LogP contribution in [-0.2, 0) is 0 Å². The lowest BCUT2D eigenvalue weighted by Crippen LogP contribution is -1.86. The van der Waals surface area contributed by atoms with Crippen molar-refractivity contribution in [1.82, 2.24) is 8.80 Å². The van der Waals surface area contributed by atoms with E-state index in [1.165, 1.54) is 81.8 Å². The van der Waals surface area contributed by atoms with Crippen LogP contribution in [0.4, 0.5) is 0 Å². The number of fused-ring (bicyclic) bond motifs is 12. The van der Waals surface area contributed by atoms with Crippen molar-refractivity contribution in [3.63, 3.8) is 0 Å². The molecule has 0 saturated heterocycles. The average molecular weight is 418 g/mol. The fourth-order valence-corrected chi connectivity index (χ4v) is 6.76. The Bertz CT molecular complexity index is 2080. The Morgan fingerprint density at radius 3 is 1.36 bits per heavy atom. The number of hydrogen-bond acceptors (Lipinski definition) is 0. The third-order valence-corrected chi connectivity index (χ3v) is 7.95.